The predicted octanol–water partition coefficient (Wildman–Crippen LogP) is 1.38. The van der Waals surface area contributed by atoms with Crippen molar-refractivity contribution in [1.82, 2.24) is 9.97 Å². The second kappa shape index (κ2) is 4.37. The van der Waals surface area contributed by atoms with Gasteiger partial charge in [0.1, 0.15) is 12.1 Å². The van der Waals surface area contributed by atoms with E-state index in [9.17, 15) is 0 Å². The molecule has 0 saturated carbocycles. The van der Waals surface area contributed by atoms with E-state index in [4.69, 9.17) is 4.74 Å². The molecule has 2 rings (SSSR count). The number of nitrogens with one attached hydrogen (secondary N) is 1. The van der Waals surface area contributed by atoms with E-state index >= 15 is 0 Å². The quantitative estimate of drug-likeness (QED) is 0.787. The van der Waals surface area contributed by atoms with Crippen molar-refractivity contribution in [3.05, 3.63) is 18.1 Å². The van der Waals surface area contributed by atoms with Gasteiger partial charge in [-0.1, -0.05) is 0 Å². The van der Waals surface area contributed by atoms with Gasteiger partial charge in [0, 0.05) is 24.9 Å². The minimum atomic E-state index is 0.352. The Hall–Kier alpha value is -1.16. The van der Waals surface area contributed by atoms with Crippen LogP contribution in [0.4, 0.5) is 5.82 Å². The third-order valence-electron chi connectivity index (χ3n) is 2.34. The van der Waals surface area contributed by atoms with E-state index in [0.29, 0.717) is 6.10 Å². The maximum Gasteiger partial charge on any atom is 0.129 e. The molecular weight excluding hydrogens is 178 g/mol. The molecule has 1 aromatic heterocycles. The van der Waals surface area contributed by atoms with Crippen LogP contribution in [0.1, 0.15) is 18.5 Å². The molecule has 0 aliphatic carbocycles. The van der Waals surface area contributed by atoms with Gasteiger partial charge in [0.15, 0.2) is 0 Å². The topological polar surface area (TPSA) is 47.0 Å². The molecule has 0 aromatic carbocycles. The highest BCUT2D eigenvalue weighted by Crippen LogP contribution is 2.12. The molecule has 4 nitrogen and oxygen atoms in total. The number of aromatic nitrogens is 2. The molecule has 0 bridgehead atoms. The van der Waals surface area contributed by atoms with Crippen LogP contribution in [0, 0.1) is 6.92 Å². The Kier molecular flexibility index (Phi) is 2.93. The number of hydrogen-bond acceptors (Lipinski definition) is 4. The normalized spacial score (nSPS) is 21.1. The minimum absolute atomic E-state index is 0.352. The molecule has 1 unspecified atom stereocenters. The van der Waals surface area contributed by atoms with Gasteiger partial charge in [0.25, 0.3) is 0 Å². The standard InChI is InChI=1S/C10H15N3O/c1-8-5-10(13-7-12-8)11-6-9-3-2-4-14-9/h5,7,9H,2-4,6H2,1H3,(H,11,12,13). The highest BCUT2D eigenvalue weighted by atomic mass is 16.5. The lowest BCUT2D eigenvalue weighted by molar-refractivity contribution is 0.120. The second-order valence-electron chi connectivity index (χ2n) is 3.56. The van der Waals surface area contributed by atoms with Crippen LogP contribution in [0.15, 0.2) is 12.4 Å². The molecule has 1 aliphatic rings. The van der Waals surface area contributed by atoms with Crippen LogP contribution in [0.2, 0.25) is 0 Å². The molecule has 1 aliphatic heterocycles. The first-order valence-corrected chi connectivity index (χ1v) is 4.99. The number of ether oxygens (including phenoxy) is 1. The van der Waals surface area contributed by atoms with Crippen LogP contribution in [0.25, 0.3) is 0 Å². The molecule has 1 atom stereocenters. The van der Waals surface area contributed by atoms with Crippen LogP contribution in [0.5, 0.6) is 0 Å². The SMILES string of the molecule is Cc1cc(NCC2CCCO2)ncn1. The summed E-state index contributed by atoms with van der Waals surface area (Å²) in [6.45, 7) is 3.70. The smallest absolute Gasteiger partial charge is 0.129 e. The molecule has 1 N–H and O–H groups in total. The number of hydrogen-bond donors (Lipinski definition) is 1. The van der Waals surface area contributed by atoms with Crippen molar-refractivity contribution < 1.29 is 4.74 Å². The van der Waals surface area contributed by atoms with Crippen LogP contribution >= 0.6 is 0 Å². The molecule has 0 radical (unpaired) electrons. The summed E-state index contributed by atoms with van der Waals surface area (Å²) < 4.78 is 5.50. The summed E-state index contributed by atoms with van der Waals surface area (Å²) in [6.07, 6.45) is 4.25. The van der Waals surface area contributed by atoms with Crippen LogP contribution < -0.4 is 5.32 Å². The van der Waals surface area contributed by atoms with E-state index in [1.165, 1.54) is 6.42 Å². The monoisotopic (exact) mass is 193 g/mol. The highest BCUT2D eigenvalue weighted by molar-refractivity contribution is 5.34. The fraction of sp³-hybridized carbons (Fsp3) is 0.600. The van der Waals surface area contributed by atoms with Gasteiger partial charge in [-0.2, -0.15) is 0 Å². The van der Waals surface area contributed by atoms with Gasteiger partial charge in [-0.3, -0.25) is 0 Å². The molecule has 76 valence electrons. The van der Waals surface area contributed by atoms with Crippen molar-refractivity contribution >= 4 is 5.82 Å². The molecule has 1 aromatic rings. The Bertz CT molecular complexity index is 297. The average Bonchev–Trinajstić information content (AvgIpc) is 2.67. The van der Waals surface area contributed by atoms with Gasteiger partial charge in [-0.05, 0) is 19.8 Å². The van der Waals surface area contributed by atoms with Gasteiger partial charge >= 0.3 is 0 Å². The third-order valence-corrected chi connectivity index (χ3v) is 2.34. The van der Waals surface area contributed by atoms with Gasteiger partial charge in [-0.25, -0.2) is 9.97 Å². The molecular formula is C10H15N3O. The molecule has 1 saturated heterocycles. The van der Waals surface area contributed by atoms with E-state index in [1.54, 1.807) is 6.33 Å². The summed E-state index contributed by atoms with van der Waals surface area (Å²) >= 11 is 0. The second-order valence-corrected chi connectivity index (χ2v) is 3.56. The summed E-state index contributed by atoms with van der Waals surface area (Å²) in [7, 11) is 0. The lowest BCUT2D eigenvalue weighted by Gasteiger charge is -2.10. The first kappa shape index (κ1) is 9.40. The van der Waals surface area contributed by atoms with E-state index in [0.717, 1.165) is 31.1 Å². The van der Waals surface area contributed by atoms with Crippen LogP contribution in [0.3, 0.4) is 0 Å². The maximum atomic E-state index is 5.50. The van der Waals surface area contributed by atoms with E-state index in [1.807, 2.05) is 13.0 Å². The van der Waals surface area contributed by atoms with E-state index < -0.39 is 0 Å². The van der Waals surface area contributed by atoms with Crippen LogP contribution in [-0.4, -0.2) is 29.2 Å². The molecule has 4 heteroatoms. The number of nitrogens with zero attached hydrogens (tertiary/aromatic N) is 2. The molecule has 2 heterocycles. The lowest BCUT2D eigenvalue weighted by atomic mass is 10.2. The average molecular weight is 193 g/mol. The van der Waals surface area contributed by atoms with Crippen LogP contribution in [-0.2, 0) is 4.74 Å². The number of rotatable bonds is 3. The predicted molar refractivity (Wildman–Crippen MR) is 54.2 cm³/mol. The highest BCUT2D eigenvalue weighted by Gasteiger charge is 2.14. The zero-order chi connectivity index (χ0) is 9.80. The van der Waals surface area contributed by atoms with Crippen molar-refractivity contribution in [3.8, 4) is 0 Å². The summed E-state index contributed by atoms with van der Waals surface area (Å²) in [5, 5.41) is 3.25. The summed E-state index contributed by atoms with van der Waals surface area (Å²) in [5.41, 5.74) is 0.981. The molecule has 1 fully saturated rings. The number of aryl methyl sites for hydroxylation is 1. The summed E-state index contributed by atoms with van der Waals surface area (Å²) in [5.74, 6) is 0.882. The van der Waals surface area contributed by atoms with Crippen molar-refractivity contribution in [1.29, 1.82) is 0 Å². The van der Waals surface area contributed by atoms with Crippen molar-refractivity contribution in [2.24, 2.45) is 0 Å². The van der Waals surface area contributed by atoms with Gasteiger partial charge in [0.2, 0.25) is 0 Å². The fourth-order valence-corrected chi connectivity index (χ4v) is 1.57. The summed E-state index contributed by atoms with van der Waals surface area (Å²) in [4.78, 5) is 8.16. The summed E-state index contributed by atoms with van der Waals surface area (Å²) in [6, 6.07) is 1.94. The zero-order valence-corrected chi connectivity index (χ0v) is 8.36. The van der Waals surface area contributed by atoms with E-state index in [2.05, 4.69) is 15.3 Å². The maximum absolute atomic E-state index is 5.50. The van der Waals surface area contributed by atoms with Crippen molar-refractivity contribution in [3.63, 3.8) is 0 Å². The Balaban J connectivity index is 1.85. The first-order valence-electron chi connectivity index (χ1n) is 4.99. The van der Waals surface area contributed by atoms with Gasteiger partial charge < -0.3 is 10.1 Å². The Morgan fingerprint density at radius 2 is 2.50 bits per heavy atom. The first-order chi connectivity index (χ1) is 6.84. The lowest BCUT2D eigenvalue weighted by Crippen LogP contribution is -2.18. The fourth-order valence-electron chi connectivity index (χ4n) is 1.57. The zero-order valence-electron chi connectivity index (χ0n) is 8.36. The number of anilines is 1. The third kappa shape index (κ3) is 2.42. The van der Waals surface area contributed by atoms with E-state index in [-0.39, 0.29) is 0 Å². The molecule has 0 spiro atoms. The molecule has 14 heavy (non-hydrogen) atoms. The largest absolute Gasteiger partial charge is 0.376 e. The minimum Gasteiger partial charge on any atom is -0.376 e. The Morgan fingerprint density at radius 3 is 3.21 bits per heavy atom. The van der Waals surface area contributed by atoms with Gasteiger partial charge in [0.05, 0.1) is 6.10 Å². The molecule has 0 amide bonds. The van der Waals surface area contributed by atoms with Crippen molar-refractivity contribution in [2.75, 3.05) is 18.5 Å². The Morgan fingerprint density at radius 1 is 1.57 bits per heavy atom. The Labute approximate surface area is 83.7 Å². The van der Waals surface area contributed by atoms with Gasteiger partial charge in [-0.15, -0.1) is 0 Å². The van der Waals surface area contributed by atoms with Crippen molar-refractivity contribution in [2.45, 2.75) is 25.9 Å².